The Morgan fingerprint density at radius 2 is 1.93 bits per heavy atom. The van der Waals surface area contributed by atoms with E-state index in [2.05, 4.69) is 25.8 Å². The van der Waals surface area contributed by atoms with Crippen molar-refractivity contribution in [3.05, 3.63) is 56.6 Å². The highest BCUT2D eigenvalue weighted by Gasteiger charge is 2.28. The smallest absolute Gasteiger partial charge is 0.270 e. The number of hydrogen-bond donors (Lipinski definition) is 0. The van der Waals surface area contributed by atoms with Crippen LogP contribution < -0.4 is 15.4 Å². The summed E-state index contributed by atoms with van der Waals surface area (Å²) < 4.78 is 1.45. The Balaban J connectivity index is 1.66. The molecule has 1 aliphatic rings. The first-order valence-electron chi connectivity index (χ1n) is 9.59. The van der Waals surface area contributed by atoms with Crippen molar-refractivity contribution in [2.75, 3.05) is 29.9 Å². The summed E-state index contributed by atoms with van der Waals surface area (Å²) in [6, 6.07) is 9.53. The highest BCUT2D eigenvalue weighted by atomic mass is 35.5. The highest BCUT2D eigenvalue weighted by Crippen LogP contribution is 2.31. The molecule has 0 bridgehead atoms. The maximum atomic E-state index is 12.8. The molecule has 9 heteroatoms. The quantitative estimate of drug-likeness (QED) is 0.576. The van der Waals surface area contributed by atoms with Gasteiger partial charge >= 0.3 is 0 Å². The number of fused-ring (bicyclic) bond motifs is 1. The van der Waals surface area contributed by atoms with Crippen LogP contribution in [0.3, 0.4) is 0 Å². The lowest BCUT2D eigenvalue weighted by Crippen LogP contribution is -2.44. The molecule has 0 unspecified atom stereocenters. The number of halogens is 2. The average Bonchev–Trinajstić information content (AvgIpc) is 2.76. The van der Waals surface area contributed by atoms with Gasteiger partial charge in [-0.1, -0.05) is 23.2 Å². The van der Waals surface area contributed by atoms with E-state index in [9.17, 15) is 10.1 Å². The van der Waals surface area contributed by atoms with Crippen LogP contribution in [-0.2, 0) is 7.05 Å². The summed E-state index contributed by atoms with van der Waals surface area (Å²) in [5.74, 6) is 0.864. The van der Waals surface area contributed by atoms with Crippen molar-refractivity contribution in [2.45, 2.75) is 18.9 Å². The third-order valence-corrected chi connectivity index (χ3v) is 6.13. The summed E-state index contributed by atoms with van der Waals surface area (Å²) >= 11 is 12.1. The van der Waals surface area contributed by atoms with E-state index in [4.69, 9.17) is 23.2 Å². The minimum atomic E-state index is -0.325. The maximum absolute atomic E-state index is 12.8. The fourth-order valence-electron chi connectivity index (χ4n) is 4.02. The zero-order valence-electron chi connectivity index (χ0n) is 16.6. The normalized spacial score (nSPS) is 14.7. The van der Waals surface area contributed by atoms with Crippen LogP contribution in [0.4, 0.5) is 11.5 Å². The number of rotatable bonds is 3. The molecular weight excluding hydrogens is 423 g/mol. The number of nitriles is 1. The Morgan fingerprint density at radius 3 is 2.57 bits per heavy atom. The van der Waals surface area contributed by atoms with E-state index >= 15 is 0 Å². The van der Waals surface area contributed by atoms with Gasteiger partial charge in [0.05, 0.1) is 16.2 Å². The first-order valence-corrected chi connectivity index (χ1v) is 10.3. The predicted octanol–water partition coefficient (Wildman–Crippen LogP) is 3.61. The van der Waals surface area contributed by atoms with Crippen molar-refractivity contribution in [3.63, 3.8) is 0 Å². The topological polar surface area (TPSA) is 78.0 Å². The van der Waals surface area contributed by atoms with Crippen molar-refractivity contribution < 1.29 is 0 Å². The first kappa shape index (κ1) is 20.5. The molecular formula is C21H20Cl2N6O. The minimum Gasteiger partial charge on any atom is -0.368 e. The van der Waals surface area contributed by atoms with E-state index in [0.29, 0.717) is 40.0 Å². The Morgan fingerprint density at radius 1 is 1.20 bits per heavy atom. The van der Waals surface area contributed by atoms with Crippen LogP contribution in [0.15, 0.2) is 35.3 Å². The minimum absolute atomic E-state index is 0.103. The zero-order valence-corrected chi connectivity index (χ0v) is 18.2. The summed E-state index contributed by atoms with van der Waals surface area (Å²) in [6.45, 7) is 1.38. The van der Waals surface area contributed by atoms with Gasteiger partial charge in [-0.25, -0.2) is 9.97 Å². The van der Waals surface area contributed by atoms with E-state index in [1.54, 1.807) is 25.4 Å². The van der Waals surface area contributed by atoms with E-state index in [1.807, 2.05) is 19.2 Å². The molecule has 0 aliphatic carbocycles. The molecule has 0 spiro atoms. The average molecular weight is 443 g/mol. The van der Waals surface area contributed by atoms with Gasteiger partial charge in [0.1, 0.15) is 28.1 Å². The second-order valence-electron chi connectivity index (χ2n) is 7.37. The van der Waals surface area contributed by atoms with E-state index < -0.39 is 0 Å². The molecule has 1 saturated heterocycles. The van der Waals surface area contributed by atoms with Crippen molar-refractivity contribution in [3.8, 4) is 6.07 Å². The molecule has 30 heavy (non-hydrogen) atoms. The Hall–Kier alpha value is -2.82. The van der Waals surface area contributed by atoms with Crippen molar-refractivity contribution in [2.24, 2.45) is 7.05 Å². The van der Waals surface area contributed by atoms with Crippen LogP contribution in [0.25, 0.3) is 11.0 Å². The van der Waals surface area contributed by atoms with E-state index in [0.717, 1.165) is 18.7 Å². The van der Waals surface area contributed by atoms with Crippen LogP contribution in [0.5, 0.6) is 0 Å². The lowest BCUT2D eigenvalue weighted by Gasteiger charge is -2.38. The van der Waals surface area contributed by atoms with Crippen molar-refractivity contribution in [1.82, 2.24) is 14.5 Å². The van der Waals surface area contributed by atoms with Crippen LogP contribution in [-0.4, -0.2) is 40.7 Å². The molecule has 3 aromatic rings. The number of aromatic nitrogens is 3. The van der Waals surface area contributed by atoms with Gasteiger partial charge in [0, 0.05) is 39.4 Å². The SMILES string of the molecule is CN(c1ccc(Cl)cn1)C1CCN(c2c(C#N)c(=O)n(C)c3ccc(Cl)nc23)CC1. The Bertz CT molecular complexity index is 1190. The summed E-state index contributed by atoms with van der Waals surface area (Å²) in [7, 11) is 3.66. The summed E-state index contributed by atoms with van der Waals surface area (Å²) in [6.07, 6.45) is 3.34. The lowest BCUT2D eigenvalue weighted by molar-refractivity contribution is 0.480. The summed E-state index contributed by atoms with van der Waals surface area (Å²) in [5, 5.41) is 10.7. The molecule has 1 aliphatic heterocycles. The molecule has 1 fully saturated rings. The third kappa shape index (κ3) is 3.57. The Kier molecular flexibility index (Phi) is 5.54. The standard InChI is InChI=1S/C21H20Cl2N6O/c1-27(18-6-3-13(22)12-25-18)14-7-9-29(10-8-14)20-15(11-24)21(30)28(2)16-4-5-17(23)26-19(16)20/h3-6,12,14H,7-10H2,1-2H3. The highest BCUT2D eigenvalue weighted by molar-refractivity contribution is 6.30. The first-order chi connectivity index (χ1) is 14.4. The van der Waals surface area contributed by atoms with Gasteiger partial charge in [0.15, 0.2) is 0 Å². The number of anilines is 2. The van der Waals surface area contributed by atoms with Gasteiger partial charge in [-0.05, 0) is 37.1 Å². The maximum Gasteiger partial charge on any atom is 0.270 e. The molecule has 0 aromatic carbocycles. The van der Waals surface area contributed by atoms with Gasteiger partial charge in [0.2, 0.25) is 0 Å². The van der Waals surface area contributed by atoms with Crippen LogP contribution in [0.2, 0.25) is 10.2 Å². The zero-order chi connectivity index (χ0) is 21.4. The molecule has 0 saturated carbocycles. The van der Waals surface area contributed by atoms with E-state index in [1.165, 1.54) is 4.57 Å². The molecule has 0 amide bonds. The van der Waals surface area contributed by atoms with Crippen molar-refractivity contribution >= 4 is 45.7 Å². The van der Waals surface area contributed by atoms with Gasteiger partial charge in [0.25, 0.3) is 5.56 Å². The Labute approximate surface area is 184 Å². The van der Waals surface area contributed by atoms with Gasteiger partial charge in [-0.15, -0.1) is 0 Å². The van der Waals surface area contributed by atoms with Crippen LogP contribution in [0.1, 0.15) is 18.4 Å². The fraction of sp³-hybridized carbons (Fsp3) is 0.333. The van der Waals surface area contributed by atoms with Gasteiger partial charge < -0.3 is 14.4 Å². The van der Waals surface area contributed by atoms with Crippen LogP contribution in [0, 0.1) is 11.3 Å². The molecule has 0 radical (unpaired) electrons. The molecule has 154 valence electrons. The molecule has 0 atom stereocenters. The molecule has 4 heterocycles. The predicted molar refractivity (Wildman–Crippen MR) is 120 cm³/mol. The molecule has 4 rings (SSSR count). The molecule has 7 nitrogen and oxygen atoms in total. The van der Waals surface area contributed by atoms with Gasteiger partial charge in [-0.3, -0.25) is 4.79 Å². The number of piperidine rings is 1. The van der Waals surface area contributed by atoms with Crippen LogP contribution >= 0.6 is 23.2 Å². The fourth-order valence-corrected chi connectivity index (χ4v) is 4.28. The summed E-state index contributed by atoms with van der Waals surface area (Å²) in [4.78, 5) is 25.8. The number of pyridine rings is 3. The second-order valence-corrected chi connectivity index (χ2v) is 8.19. The number of hydrogen-bond acceptors (Lipinski definition) is 6. The monoisotopic (exact) mass is 442 g/mol. The number of nitrogens with zero attached hydrogens (tertiary/aromatic N) is 6. The largest absolute Gasteiger partial charge is 0.368 e. The van der Waals surface area contributed by atoms with Crippen molar-refractivity contribution in [1.29, 1.82) is 5.26 Å². The molecule has 3 aromatic heterocycles. The third-order valence-electron chi connectivity index (χ3n) is 5.69. The number of aryl methyl sites for hydroxylation is 1. The van der Waals surface area contributed by atoms with E-state index in [-0.39, 0.29) is 17.2 Å². The molecule has 0 N–H and O–H groups in total. The second kappa shape index (κ2) is 8.13. The van der Waals surface area contributed by atoms with Gasteiger partial charge in [-0.2, -0.15) is 5.26 Å². The summed E-state index contributed by atoms with van der Waals surface area (Å²) in [5.41, 5.74) is 1.58. The lowest BCUT2D eigenvalue weighted by atomic mass is 10.0.